The Morgan fingerprint density at radius 1 is 1.21 bits per heavy atom. The molecule has 1 aromatic carbocycles. The molecule has 1 aliphatic carbocycles. The van der Waals surface area contributed by atoms with E-state index in [1.807, 2.05) is 17.8 Å². The van der Waals surface area contributed by atoms with Gasteiger partial charge in [0.1, 0.15) is 24.0 Å². The van der Waals surface area contributed by atoms with E-state index in [2.05, 4.69) is 19.8 Å². The molecule has 2 heterocycles. The van der Waals surface area contributed by atoms with Gasteiger partial charge in [0.2, 0.25) is 0 Å². The number of nitrogens with zero attached hydrogens (tertiary/aromatic N) is 4. The van der Waals surface area contributed by atoms with Gasteiger partial charge in [0.25, 0.3) is 10.0 Å². The van der Waals surface area contributed by atoms with E-state index in [1.165, 1.54) is 30.7 Å². The molecule has 0 amide bonds. The third-order valence-electron chi connectivity index (χ3n) is 5.00. The van der Waals surface area contributed by atoms with Crippen LogP contribution in [-0.2, 0) is 17.1 Å². The fraction of sp³-hybridized carbons (Fsp3) is 0.316. The lowest BCUT2D eigenvalue weighted by Crippen LogP contribution is -2.22. The first-order valence-corrected chi connectivity index (χ1v) is 11.0. The molecule has 0 bridgehead atoms. The topological polar surface area (TPSA) is 99.0 Å². The maximum atomic E-state index is 12.6. The Bertz CT molecular complexity index is 1100. The van der Waals surface area contributed by atoms with Gasteiger partial charge in [-0.25, -0.2) is 18.4 Å². The van der Waals surface area contributed by atoms with E-state index >= 15 is 0 Å². The normalized spacial score (nSPS) is 19.2. The van der Waals surface area contributed by atoms with Gasteiger partial charge >= 0.3 is 0 Å². The van der Waals surface area contributed by atoms with Crippen LogP contribution in [0.5, 0.6) is 5.75 Å². The van der Waals surface area contributed by atoms with Gasteiger partial charge in [-0.3, -0.25) is 9.40 Å². The van der Waals surface area contributed by atoms with Crippen molar-refractivity contribution in [2.45, 2.75) is 36.2 Å². The molecule has 0 saturated heterocycles. The summed E-state index contributed by atoms with van der Waals surface area (Å²) >= 11 is 6.36. The fourth-order valence-corrected chi connectivity index (χ4v) is 4.93. The number of aromatic nitrogens is 4. The maximum Gasteiger partial charge on any atom is 0.263 e. The molecular weight excluding hydrogens is 414 g/mol. The highest BCUT2D eigenvalue weighted by Gasteiger charge is 2.32. The molecule has 0 aliphatic heterocycles. The van der Waals surface area contributed by atoms with Crippen LogP contribution in [-0.4, -0.2) is 34.3 Å². The first kappa shape index (κ1) is 19.7. The van der Waals surface area contributed by atoms with Crippen molar-refractivity contribution in [3.63, 3.8) is 0 Å². The number of hydrogen-bond acceptors (Lipinski definition) is 6. The van der Waals surface area contributed by atoms with Crippen molar-refractivity contribution in [1.82, 2.24) is 19.7 Å². The summed E-state index contributed by atoms with van der Waals surface area (Å²) in [6.45, 7) is 0. The lowest BCUT2D eigenvalue weighted by Gasteiger charge is -2.22. The van der Waals surface area contributed by atoms with Crippen molar-refractivity contribution < 1.29 is 13.2 Å². The Balaban J connectivity index is 1.52. The summed E-state index contributed by atoms with van der Waals surface area (Å²) in [7, 11) is -1.90. The van der Waals surface area contributed by atoms with E-state index in [0.717, 1.165) is 25.0 Å². The molecule has 0 unspecified atom stereocenters. The summed E-state index contributed by atoms with van der Waals surface area (Å²) in [5.41, 5.74) is 1.12. The highest BCUT2D eigenvalue weighted by atomic mass is 35.5. The van der Waals surface area contributed by atoms with Crippen LogP contribution in [0.25, 0.3) is 0 Å². The minimum absolute atomic E-state index is 0.0306. The third kappa shape index (κ3) is 4.20. The van der Waals surface area contributed by atoms with Gasteiger partial charge in [-0.05, 0) is 49.6 Å². The number of hydrogen-bond donors (Lipinski definition) is 1. The monoisotopic (exact) mass is 433 g/mol. The van der Waals surface area contributed by atoms with E-state index in [0.29, 0.717) is 5.75 Å². The minimum atomic E-state index is -3.82. The van der Waals surface area contributed by atoms with Crippen LogP contribution in [0.4, 0.5) is 5.82 Å². The number of rotatable bonds is 6. The molecule has 10 heteroatoms. The van der Waals surface area contributed by atoms with Crippen molar-refractivity contribution in [2.75, 3.05) is 4.72 Å². The number of halogens is 1. The van der Waals surface area contributed by atoms with E-state index in [-0.39, 0.29) is 27.8 Å². The number of ether oxygens (including phenoxy) is 1. The second-order valence-electron chi connectivity index (χ2n) is 6.87. The van der Waals surface area contributed by atoms with Gasteiger partial charge in [0, 0.05) is 31.1 Å². The quantitative estimate of drug-likeness (QED) is 0.639. The summed E-state index contributed by atoms with van der Waals surface area (Å²) in [4.78, 5) is 7.67. The molecule has 2 aromatic heterocycles. The smallest absolute Gasteiger partial charge is 0.263 e. The predicted octanol–water partition coefficient (Wildman–Crippen LogP) is 3.38. The molecule has 29 heavy (non-hydrogen) atoms. The summed E-state index contributed by atoms with van der Waals surface area (Å²) in [6.07, 6.45) is 7.43. The first-order valence-electron chi connectivity index (χ1n) is 9.17. The Morgan fingerprint density at radius 2 is 2.07 bits per heavy atom. The van der Waals surface area contributed by atoms with Crippen molar-refractivity contribution in [2.24, 2.45) is 7.05 Å². The Morgan fingerprint density at radius 3 is 2.76 bits per heavy atom. The van der Waals surface area contributed by atoms with Crippen LogP contribution in [0, 0.1) is 0 Å². The standard InChI is InChI=1S/C19H20ClN5O3S/c1-25-16(7-10-23-25)14-3-2-4-17(14)28-18-6-5-13(11-15(18)20)29(26,27)24-19-8-9-21-12-22-19/h5-12,14,17H,2-4H2,1H3,(H,21,22,24)/t14-,17+/m1/s1. The SMILES string of the molecule is Cn1nccc1[C@H]1CCC[C@@H]1Oc1ccc(S(=O)(=O)Nc2ccncn2)cc1Cl. The van der Waals surface area contributed by atoms with E-state index in [1.54, 1.807) is 12.3 Å². The van der Waals surface area contributed by atoms with Gasteiger partial charge in [0.15, 0.2) is 0 Å². The molecule has 1 saturated carbocycles. The van der Waals surface area contributed by atoms with Crippen molar-refractivity contribution in [3.05, 3.63) is 59.8 Å². The summed E-state index contributed by atoms with van der Waals surface area (Å²) in [5.74, 6) is 0.870. The maximum absolute atomic E-state index is 12.6. The van der Waals surface area contributed by atoms with Crippen molar-refractivity contribution in [1.29, 1.82) is 0 Å². The molecule has 152 valence electrons. The minimum Gasteiger partial charge on any atom is -0.488 e. The molecule has 1 fully saturated rings. The van der Waals surface area contributed by atoms with Gasteiger partial charge in [-0.2, -0.15) is 5.10 Å². The average Bonchev–Trinajstić information content (AvgIpc) is 3.32. The lowest BCUT2D eigenvalue weighted by atomic mass is 10.0. The van der Waals surface area contributed by atoms with Gasteiger partial charge in [-0.15, -0.1) is 0 Å². The number of nitrogens with one attached hydrogen (secondary N) is 1. The predicted molar refractivity (Wildman–Crippen MR) is 109 cm³/mol. The van der Waals surface area contributed by atoms with Crippen LogP contribution in [0.1, 0.15) is 30.9 Å². The zero-order chi connectivity index (χ0) is 20.4. The average molecular weight is 434 g/mol. The summed E-state index contributed by atoms with van der Waals surface area (Å²) in [6, 6.07) is 7.92. The van der Waals surface area contributed by atoms with Gasteiger partial charge in [0.05, 0.1) is 9.92 Å². The Hall–Kier alpha value is -2.65. The van der Waals surface area contributed by atoms with Crippen molar-refractivity contribution >= 4 is 27.4 Å². The van der Waals surface area contributed by atoms with Crippen LogP contribution in [0.15, 0.2) is 53.9 Å². The number of anilines is 1. The zero-order valence-electron chi connectivity index (χ0n) is 15.7. The molecule has 4 rings (SSSR count). The number of benzene rings is 1. The fourth-order valence-electron chi connectivity index (χ4n) is 3.61. The molecule has 0 radical (unpaired) electrons. The number of aryl methyl sites for hydroxylation is 1. The Kier molecular flexibility index (Phi) is 5.42. The molecular formula is C19H20ClN5O3S. The largest absolute Gasteiger partial charge is 0.488 e. The summed E-state index contributed by atoms with van der Waals surface area (Å²) < 4.78 is 35.6. The van der Waals surface area contributed by atoms with Gasteiger partial charge < -0.3 is 4.74 Å². The Labute approximate surface area is 174 Å². The van der Waals surface area contributed by atoms with Crippen LogP contribution < -0.4 is 9.46 Å². The highest BCUT2D eigenvalue weighted by molar-refractivity contribution is 7.92. The molecule has 1 aliphatic rings. The molecule has 3 aromatic rings. The van der Waals surface area contributed by atoms with Crippen molar-refractivity contribution in [3.8, 4) is 5.75 Å². The van der Waals surface area contributed by atoms with E-state index in [4.69, 9.17) is 16.3 Å². The molecule has 8 nitrogen and oxygen atoms in total. The zero-order valence-corrected chi connectivity index (χ0v) is 17.3. The third-order valence-corrected chi connectivity index (χ3v) is 6.65. The van der Waals surface area contributed by atoms with E-state index in [9.17, 15) is 8.42 Å². The molecule has 1 N–H and O–H groups in total. The molecule has 2 atom stereocenters. The number of sulfonamides is 1. The summed E-state index contributed by atoms with van der Waals surface area (Å²) in [5, 5.41) is 4.49. The van der Waals surface area contributed by atoms with Crippen LogP contribution in [0.3, 0.4) is 0 Å². The van der Waals surface area contributed by atoms with Gasteiger partial charge in [-0.1, -0.05) is 11.6 Å². The van der Waals surface area contributed by atoms with E-state index < -0.39 is 10.0 Å². The highest BCUT2D eigenvalue weighted by Crippen LogP contribution is 2.39. The first-order chi connectivity index (χ1) is 13.9. The second kappa shape index (κ2) is 8.00. The van der Waals surface area contributed by atoms with Crippen LogP contribution in [0.2, 0.25) is 5.02 Å². The van der Waals surface area contributed by atoms with Crippen LogP contribution >= 0.6 is 11.6 Å². The second-order valence-corrected chi connectivity index (χ2v) is 8.96. The molecule has 0 spiro atoms. The lowest BCUT2D eigenvalue weighted by molar-refractivity contribution is 0.187.